The first-order valence-electron chi connectivity index (χ1n) is 3.71. The van der Waals surface area contributed by atoms with Gasteiger partial charge in [0.25, 0.3) is 6.29 Å². The largest absolute Gasteiger partial charge is 0.477 e. The van der Waals surface area contributed by atoms with E-state index in [0.717, 1.165) is 0 Å². The summed E-state index contributed by atoms with van der Waals surface area (Å²) in [5.74, 6) is -0.678. The first kappa shape index (κ1) is 9.54. The summed E-state index contributed by atoms with van der Waals surface area (Å²) >= 11 is 0. The molecular formula is C9H10O4. The Bertz CT molecular complexity index is 270. The number of hydrogen-bond donors (Lipinski definition) is 1. The highest BCUT2D eigenvalue weighted by atomic mass is 16.7. The van der Waals surface area contributed by atoms with Crippen molar-refractivity contribution in [3.8, 4) is 5.75 Å². The van der Waals surface area contributed by atoms with Gasteiger partial charge in [0.15, 0.2) is 0 Å². The minimum Gasteiger partial charge on any atom is -0.477 e. The molecule has 0 aliphatic carbocycles. The van der Waals surface area contributed by atoms with Crippen molar-refractivity contribution in [2.75, 3.05) is 7.11 Å². The number of aliphatic carboxylic acids is 1. The van der Waals surface area contributed by atoms with Gasteiger partial charge in [-0.3, -0.25) is 0 Å². The third kappa shape index (κ3) is 2.76. The van der Waals surface area contributed by atoms with E-state index < -0.39 is 12.3 Å². The summed E-state index contributed by atoms with van der Waals surface area (Å²) in [6, 6.07) is 8.65. The van der Waals surface area contributed by atoms with E-state index in [-0.39, 0.29) is 0 Å². The highest BCUT2D eigenvalue weighted by Gasteiger charge is 2.17. The Hall–Kier alpha value is -1.55. The molecule has 0 fully saturated rings. The van der Waals surface area contributed by atoms with Crippen LogP contribution in [0, 0.1) is 0 Å². The van der Waals surface area contributed by atoms with Crippen LogP contribution in [0.1, 0.15) is 0 Å². The molecule has 0 aliphatic rings. The molecule has 0 spiro atoms. The average Bonchev–Trinajstić information content (AvgIpc) is 2.15. The Kier molecular flexibility index (Phi) is 3.28. The van der Waals surface area contributed by atoms with Gasteiger partial charge in [-0.1, -0.05) is 18.2 Å². The normalized spacial score (nSPS) is 12.1. The molecule has 0 amide bonds. The number of carbonyl (C=O) groups is 1. The van der Waals surface area contributed by atoms with Crippen molar-refractivity contribution in [1.82, 2.24) is 0 Å². The van der Waals surface area contributed by atoms with Crippen LogP contribution in [-0.2, 0) is 9.53 Å². The molecule has 0 saturated carbocycles. The fourth-order valence-electron chi connectivity index (χ4n) is 0.822. The Labute approximate surface area is 75.7 Å². The van der Waals surface area contributed by atoms with Crippen LogP contribution in [0.15, 0.2) is 30.3 Å². The second-order valence-corrected chi connectivity index (χ2v) is 2.34. The smallest absolute Gasteiger partial charge is 0.373 e. The van der Waals surface area contributed by atoms with Crippen LogP contribution in [0.5, 0.6) is 5.75 Å². The second kappa shape index (κ2) is 4.47. The first-order chi connectivity index (χ1) is 6.24. The molecule has 13 heavy (non-hydrogen) atoms. The topological polar surface area (TPSA) is 55.8 Å². The number of rotatable bonds is 4. The Morgan fingerprint density at radius 1 is 1.38 bits per heavy atom. The summed E-state index contributed by atoms with van der Waals surface area (Å²) in [7, 11) is 1.28. The second-order valence-electron chi connectivity index (χ2n) is 2.34. The van der Waals surface area contributed by atoms with Crippen LogP contribution in [-0.4, -0.2) is 24.5 Å². The standard InChI is InChI=1S/C9H10O4/c1-12-9(8(10)11)13-7-5-3-2-4-6-7/h2-6,9H,1H3,(H,10,11). The fourth-order valence-corrected chi connectivity index (χ4v) is 0.822. The molecule has 1 N–H and O–H groups in total. The minimum absolute atomic E-state index is 0.469. The molecule has 4 nitrogen and oxygen atoms in total. The minimum atomic E-state index is -1.25. The zero-order valence-electron chi connectivity index (χ0n) is 7.14. The van der Waals surface area contributed by atoms with Crippen LogP contribution in [0.3, 0.4) is 0 Å². The molecule has 1 atom stereocenters. The molecule has 0 radical (unpaired) electrons. The maximum absolute atomic E-state index is 10.5. The summed E-state index contributed by atoms with van der Waals surface area (Å²) < 4.78 is 9.60. The predicted octanol–water partition coefficient (Wildman–Crippen LogP) is 1.12. The van der Waals surface area contributed by atoms with Crippen molar-refractivity contribution in [3.63, 3.8) is 0 Å². The molecule has 0 aliphatic heterocycles. The van der Waals surface area contributed by atoms with Crippen molar-refractivity contribution >= 4 is 5.97 Å². The van der Waals surface area contributed by atoms with Gasteiger partial charge in [-0.15, -0.1) is 0 Å². The van der Waals surface area contributed by atoms with Gasteiger partial charge in [0.1, 0.15) is 5.75 Å². The zero-order valence-corrected chi connectivity index (χ0v) is 7.14. The van der Waals surface area contributed by atoms with Gasteiger partial charge in [0, 0.05) is 7.11 Å². The molecule has 1 aromatic rings. The number of para-hydroxylation sites is 1. The third-order valence-corrected chi connectivity index (χ3v) is 1.40. The van der Waals surface area contributed by atoms with Crippen molar-refractivity contribution in [3.05, 3.63) is 30.3 Å². The molecule has 1 rings (SSSR count). The van der Waals surface area contributed by atoms with Gasteiger partial charge in [-0.05, 0) is 12.1 Å². The van der Waals surface area contributed by atoms with E-state index in [2.05, 4.69) is 4.74 Å². The predicted molar refractivity (Wildman–Crippen MR) is 45.5 cm³/mol. The first-order valence-corrected chi connectivity index (χ1v) is 3.71. The Balaban J connectivity index is 2.62. The Morgan fingerprint density at radius 2 is 2.00 bits per heavy atom. The third-order valence-electron chi connectivity index (χ3n) is 1.40. The molecule has 70 valence electrons. The molecule has 1 aromatic carbocycles. The summed E-state index contributed by atoms with van der Waals surface area (Å²) in [4.78, 5) is 10.5. The maximum Gasteiger partial charge on any atom is 0.373 e. The lowest BCUT2D eigenvalue weighted by Crippen LogP contribution is -2.28. The van der Waals surface area contributed by atoms with Crippen LogP contribution in [0.4, 0.5) is 0 Å². The molecule has 0 bridgehead atoms. The zero-order chi connectivity index (χ0) is 9.68. The van der Waals surface area contributed by atoms with Crippen molar-refractivity contribution in [2.24, 2.45) is 0 Å². The number of carboxylic acid groups (broad SMARTS) is 1. The fraction of sp³-hybridized carbons (Fsp3) is 0.222. The molecule has 1 unspecified atom stereocenters. The van der Waals surface area contributed by atoms with Crippen molar-refractivity contribution in [2.45, 2.75) is 6.29 Å². The number of benzene rings is 1. The van der Waals surface area contributed by atoms with E-state index in [9.17, 15) is 4.79 Å². The van der Waals surface area contributed by atoms with Crippen LogP contribution >= 0.6 is 0 Å². The summed E-state index contributed by atoms with van der Waals surface area (Å²) in [6.45, 7) is 0. The summed E-state index contributed by atoms with van der Waals surface area (Å²) in [5.41, 5.74) is 0. The monoisotopic (exact) mass is 182 g/mol. The lowest BCUT2D eigenvalue weighted by Gasteiger charge is -2.12. The number of methoxy groups -OCH3 is 1. The molecule has 0 heterocycles. The summed E-state index contributed by atoms with van der Waals surface area (Å²) in [5, 5.41) is 8.58. The Morgan fingerprint density at radius 3 is 2.46 bits per heavy atom. The van der Waals surface area contributed by atoms with Gasteiger partial charge in [-0.25, -0.2) is 4.79 Å². The van der Waals surface area contributed by atoms with E-state index in [1.54, 1.807) is 24.3 Å². The van der Waals surface area contributed by atoms with Gasteiger partial charge >= 0.3 is 5.97 Å². The van der Waals surface area contributed by atoms with E-state index in [4.69, 9.17) is 9.84 Å². The summed E-state index contributed by atoms with van der Waals surface area (Å²) in [6.07, 6.45) is -1.25. The van der Waals surface area contributed by atoms with Crippen LogP contribution in [0.25, 0.3) is 0 Å². The average molecular weight is 182 g/mol. The molecular weight excluding hydrogens is 172 g/mol. The lowest BCUT2D eigenvalue weighted by molar-refractivity contribution is -0.166. The highest BCUT2D eigenvalue weighted by molar-refractivity contribution is 5.71. The number of ether oxygens (including phenoxy) is 2. The van der Waals surface area contributed by atoms with Crippen molar-refractivity contribution in [1.29, 1.82) is 0 Å². The highest BCUT2D eigenvalue weighted by Crippen LogP contribution is 2.10. The molecule has 4 heteroatoms. The maximum atomic E-state index is 10.5. The van der Waals surface area contributed by atoms with E-state index in [1.807, 2.05) is 6.07 Å². The van der Waals surface area contributed by atoms with Crippen molar-refractivity contribution < 1.29 is 19.4 Å². The van der Waals surface area contributed by atoms with Gasteiger partial charge in [0.2, 0.25) is 0 Å². The van der Waals surface area contributed by atoms with Gasteiger partial charge in [-0.2, -0.15) is 0 Å². The quantitative estimate of drug-likeness (QED) is 0.709. The van der Waals surface area contributed by atoms with E-state index in [1.165, 1.54) is 7.11 Å². The van der Waals surface area contributed by atoms with Gasteiger partial charge < -0.3 is 14.6 Å². The SMILES string of the molecule is COC(Oc1ccccc1)C(=O)O. The van der Waals surface area contributed by atoms with Crippen LogP contribution < -0.4 is 4.74 Å². The van der Waals surface area contributed by atoms with Crippen LogP contribution in [0.2, 0.25) is 0 Å². The van der Waals surface area contributed by atoms with E-state index >= 15 is 0 Å². The molecule has 0 saturated heterocycles. The van der Waals surface area contributed by atoms with Gasteiger partial charge in [0.05, 0.1) is 0 Å². The van der Waals surface area contributed by atoms with E-state index in [0.29, 0.717) is 5.75 Å². The number of carboxylic acids is 1. The number of hydrogen-bond acceptors (Lipinski definition) is 3. The lowest BCUT2D eigenvalue weighted by atomic mass is 10.3. The molecule has 0 aromatic heterocycles.